The number of hydrogen-bond donors (Lipinski definition) is 1. The Bertz CT molecular complexity index is 1310. The highest BCUT2D eigenvalue weighted by atomic mass is 16.5. The van der Waals surface area contributed by atoms with Gasteiger partial charge in [0, 0.05) is 11.5 Å². The summed E-state index contributed by atoms with van der Waals surface area (Å²) in [5.41, 5.74) is 5.61. The summed E-state index contributed by atoms with van der Waals surface area (Å²) in [6, 6.07) is 0. The summed E-state index contributed by atoms with van der Waals surface area (Å²) in [5, 5.41) is 4.06. The van der Waals surface area contributed by atoms with Gasteiger partial charge in [0.25, 0.3) is 0 Å². The minimum Gasteiger partial charge on any atom is -0.469 e. The number of primary amides is 1. The van der Waals surface area contributed by atoms with Gasteiger partial charge in [-0.05, 0) is 97.9 Å². The summed E-state index contributed by atoms with van der Waals surface area (Å²) in [7, 11) is 1.49. The van der Waals surface area contributed by atoms with E-state index < -0.39 is 22.2 Å². The number of ether oxygens (including phenoxy) is 1. The Balaban J connectivity index is 1.52. The molecule has 0 spiro atoms. The number of nitrogens with zero attached hydrogens (tertiary/aromatic N) is 1. The molecule has 7 nitrogen and oxygen atoms in total. The van der Waals surface area contributed by atoms with Crippen LogP contribution in [0.15, 0.2) is 22.4 Å². The number of allylic oxidation sites excluding steroid dienone is 2. The molecule has 8 atom stereocenters. The van der Waals surface area contributed by atoms with Crippen molar-refractivity contribution in [1.82, 2.24) is 5.16 Å². The summed E-state index contributed by atoms with van der Waals surface area (Å²) in [6.07, 6.45) is 10.1. The van der Waals surface area contributed by atoms with E-state index in [0.29, 0.717) is 12.2 Å². The van der Waals surface area contributed by atoms with Gasteiger partial charge in [-0.2, -0.15) is 0 Å². The van der Waals surface area contributed by atoms with Crippen LogP contribution in [-0.4, -0.2) is 29.9 Å². The molecule has 1 heterocycles. The van der Waals surface area contributed by atoms with Gasteiger partial charge in [-0.15, -0.1) is 0 Å². The van der Waals surface area contributed by atoms with E-state index in [0.717, 1.165) is 56.1 Å². The predicted molar refractivity (Wildman–Crippen MR) is 145 cm³/mol. The number of carbonyl (C=O) groups excluding carboxylic acids is 3. The Labute approximate surface area is 231 Å². The second-order valence-electron chi connectivity index (χ2n) is 15.2. The van der Waals surface area contributed by atoms with Crippen LogP contribution >= 0.6 is 0 Å². The van der Waals surface area contributed by atoms with Crippen molar-refractivity contribution in [3.05, 3.63) is 29.2 Å². The lowest BCUT2D eigenvalue weighted by atomic mass is 9.34. The molecule has 39 heavy (non-hydrogen) atoms. The van der Waals surface area contributed by atoms with Gasteiger partial charge >= 0.3 is 5.97 Å². The fourth-order valence-electron chi connectivity index (χ4n) is 10.8. The summed E-state index contributed by atoms with van der Waals surface area (Å²) < 4.78 is 11.1. The molecule has 5 aliphatic carbocycles. The normalized spacial score (nSPS) is 46.0. The van der Waals surface area contributed by atoms with Gasteiger partial charge < -0.3 is 15.0 Å². The molecule has 3 saturated carbocycles. The number of amides is 1. The van der Waals surface area contributed by atoms with E-state index in [9.17, 15) is 14.4 Å². The molecule has 1 aromatic heterocycles. The van der Waals surface area contributed by atoms with Crippen molar-refractivity contribution in [2.75, 3.05) is 7.11 Å². The first kappa shape index (κ1) is 26.8. The Morgan fingerprint density at radius 2 is 1.74 bits per heavy atom. The van der Waals surface area contributed by atoms with Crippen molar-refractivity contribution in [1.29, 1.82) is 0 Å². The highest BCUT2D eigenvalue weighted by Crippen LogP contribution is 2.74. The van der Waals surface area contributed by atoms with Gasteiger partial charge in [0.05, 0.1) is 18.7 Å². The van der Waals surface area contributed by atoms with Crippen LogP contribution in [0.5, 0.6) is 0 Å². The quantitative estimate of drug-likeness (QED) is 0.513. The zero-order chi connectivity index (χ0) is 28.4. The second kappa shape index (κ2) is 7.85. The molecule has 7 heteroatoms. The van der Waals surface area contributed by atoms with Gasteiger partial charge in [0.2, 0.25) is 5.91 Å². The van der Waals surface area contributed by atoms with Gasteiger partial charge in [-0.25, -0.2) is 0 Å². The van der Waals surface area contributed by atoms with Crippen molar-refractivity contribution in [3.63, 3.8) is 0 Å². The average molecular weight is 537 g/mol. The number of hydrogen-bond acceptors (Lipinski definition) is 6. The van der Waals surface area contributed by atoms with Gasteiger partial charge in [0.15, 0.2) is 11.5 Å². The highest BCUT2D eigenvalue weighted by molar-refractivity contribution is 5.96. The Morgan fingerprint density at radius 3 is 2.41 bits per heavy atom. The lowest BCUT2D eigenvalue weighted by Crippen LogP contribution is -2.67. The van der Waals surface area contributed by atoms with Crippen molar-refractivity contribution in [2.24, 2.45) is 50.6 Å². The van der Waals surface area contributed by atoms with Gasteiger partial charge in [-0.1, -0.05) is 45.3 Å². The maximum Gasteiger partial charge on any atom is 0.312 e. The molecule has 5 aliphatic rings. The third-order valence-corrected chi connectivity index (χ3v) is 13.1. The minimum absolute atomic E-state index is 0.0491. The monoisotopic (exact) mass is 536 g/mol. The fourth-order valence-corrected chi connectivity index (χ4v) is 10.8. The predicted octanol–water partition coefficient (Wildman–Crippen LogP) is 5.31. The Morgan fingerprint density at radius 1 is 1.05 bits per heavy atom. The van der Waals surface area contributed by atoms with Crippen molar-refractivity contribution >= 4 is 17.7 Å². The molecule has 1 aromatic rings. The molecule has 0 unspecified atom stereocenters. The number of ketones is 1. The van der Waals surface area contributed by atoms with E-state index in [2.05, 4.69) is 39.8 Å². The summed E-state index contributed by atoms with van der Waals surface area (Å²) in [4.78, 5) is 41.0. The van der Waals surface area contributed by atoms with Gasteiger partial charge in [-0.3, -0.25) is 14.4 Å². The molecule has 0 saturated heterocycles. The van der Waals surface area contributed by atoms with Crippen LogP contribution < -0.4 is 5.73 Å². The molecule has 0 radical (unpaired) electrons. The van der Waals surface area contributed by atoms with Crippen molar-refractivity contribution in [3.8, 4) is 0 Å². The van der Waals surface area contributed by atoms with E-state index in [-0.39, 0.29) is 45.8 Å². The smallest absolute Gasteiger partial charge is 0.312 e. The molecule has 0 aromatic carbocycles. The molecule has 3 fully saturated rings. The van der Waals surface area contributed by atoms with Crippen LogP contribution in [-0.2, 0) is 31.0 Å². The first-order valence-electron chi connectivity index (χ1n) is 14.7. The fraction of sp³-hybridized carbons (Fsp3) is 0.750. The van der Waals surface area contributed by atoms with E-state index >= 15 is 0 Å². The number of esters is 1. The maximum atomic E-state index is 14.5. The number of fused-ring (bicyclic) bond motifs is 8. The average Bonchev–Trinajstić information content (AvgIpc) is 3.33. The number of methoxy groups -OCH3 is 1. The Hall–Kier alpha value is -2.44. The number of rotatable bonds is 2. The summed E-state index contributed by atoms with van der Waals surface area (Å²) >= 11 is 0. The Kier molecular flexibility index (Phi) is 5.39. The first-order valence-corrected chi connectivity index (χ1v) is 14.7. The lowest BCUT2D eigenvalue weighted by Gasteiger charge is -2.69. The van der Waals surface area contributed by atoms with E-state index in [1.165, 1.54) is 7.11 Å². The number of carbonyl (C=O) groups is 3. The largest absolute Gasteiger partial charge is 0.469 e. The summed E-state index contributed by atoms with van der Waals surface area (Å²) in [5.74, 6) is -0.211. The zero-order valence-corrected chi connectivity index (χ0v) is 24.6. The molecule has 6 rings (SSSR count). The first-order chi connectivity index (χ1) is 18.1. The SMILES string of the molecule is COC(=O)[C@]12CCC(C)(C)C[C@H]1[C@H]1C(=O)C=C3[C@@]4(C)Cc5cnoc5[C@@](C)(C(N)=O)[C@@H]4CC[C@@]3(C)[C@]1(C)CC2. The zero-order valence-electron chi connectivity index (χ0n) is 24.6. The highest BCUT2D eigenvalue weighted by Gasteiger charge is 2.72. The maximum absolute atomic E-state index is 14.5. The van der Waals surface area contributed by atoms with Crippen LogP contribution in [0, 0.1) is 44.8 Å². The van der Waals surface area contributed by atoms with Crippen LogP contribution in [0.2, 0.25) is 0 Å². The van der Waals surface area contributed by atoms with Crippen LogP contribution in [0.4, 0.5) is 0 Å². The van der Waals surface area contributed by atoms with Crippen LogP contribution in [0.1, 0.15) is 97.8 Å². The van der Waals surface area contributed by atoms with Crippen LogP contribution in [0.25, 0.3) is 0 Å². The summed E-state index contributed by atoms with van der Waals surface area (Å²) in [6.45, 7) is 13.3. The number of nitrogens with two attached hydrogens (primary N) is 1. The topological polar surface area (TPSA) is 112 Å². The minimum atomic E-state index is -0.998. The van der Waals surface area contributed by atoms with Crippen molar-refractivity contribution < 1.29 is 23.6 Å². The van der Waals surface area contributed by atoms with Crippen molar-refractivity contribution in [2.45, 2.75) is 98.3 Å². The number of aromatic nitrogens is 1. The van der Waals surface area contributed by atoms with Crippen LogP contribution in [0.3, 0.4) is 0 Å². The molecule has 0 aliphatic heterocycles. The van der Waals surface area contributed by atoms with E-state index in [4.69, 9.17) is 15.0 Å². The van der Waals surface area contributed by atoms with Gasteiger partial charge in [0.1, 0.15) is 5.41 Å². The third-order valence-electron chi connectivity index (χ3n) is 13.1. The molecule has 2 N–H and O–H groups in total. The molecule has 212 valence electrons. The third kappa shape index (κ3) is 3.05. The van der Waals surface area contributed by atoms with E-state index in [1.807, 2.05) is 13.0 Å². The lowest BCUT2D eigenvalue weighted by molar-refractivity contribution is -0.191. The molecule has 1 amide bonds. The standard InChI is InChI=1S/C32H44N2O5/c1-27(2)10-12-32(26(37)38-7)13-11-30(5)23(19(32)16-27)20(35)14-22-28(3)15-18-17-34-39-24(18)31(6,25(33)36)21(28)8-9-29(22,30)4/h14,17,19,21,23H,8-13,15-16H2,1-7H3,(H2,33,36)/t19-,21+,23-,28-,29+,30+,31-,32-/m0/s1. The van der Waals surface area contributed by atoms with E-state index in [1.54, 1.807) is 6.20 Å². The molecule has 0 bridgehead atoms. The second-order valence-corrected chi connectivity index (χ2v) is 15.2. The molecular formula is C32H44N2O5. The molecular weight excluding hydrogens is 492 g/mol.